The lowest BCUT2D eigenvalue weighted by Gasteiger charge is -2.38. The quantitative estimate of drug-likeness (QED) is 0.513. The van der Waals surface area contributed by atoms with Crippen LogP contribution in [0.1, 0.15) is 47.8 Å². The van der Waals surface area contributed by atoms with Crippen molar-refractivity contribution in [1.29, 1.82) is 0 Å². The van der Waals surface area contributed by atoms with E-state index in [1.165, 1.54) is 18.2 Å². The molecule has 0 bridgehead atoms. The topological polar surface area (TPSA) is 32.3 Å². The third-order valence-electron chi connectivity index (χ3n) is 4.90. The Morgan fingerprint density at radius 3 is 2.34 bits per heavy atom. The number of rotatable bonds is 5. The van der Waals surface area contributed by atoms with Crippen LogP contribution in [0.15, 0.2) is 65.9 Å². The van der Waals surface area contributed by atoms with Gasteiger partial charge in [-0.15, -0.1) is 0 Å². The third kappa shape index (κ3) is 4.19. The predicted octanol–water partition coefficient (Wildman–Crippen LogP) is 5.50. The number of thiocarbonyl (C=S) groups is 1. The second-order valence-electron chi connectivity index (χ2n) is 6.81. The normalized spacial score (nSPS) is 17.3. The van der Waals surface area contributed by atoms with Crippen molar-refractivity contribution in [3.8, 4) is 0 Å². The Morgan fingerprint density at radius 1 is 1.10 bits per heavy atom. The maximum Gasteiger partial charge on any atom is 0.416 e. The summed E-state index contributed by atoms with van der Waals surface area (Å²) in [5, 5.41) is 3.31. The van der Waals surface area contributed by atoms with Crippen LogP contribution in [0.4, 0.5) is 13.2 Å². The lowest BCUT2D eigenvalue weighted by molar-refractivity contribution is -0.138. The van der Waals surface area contributed by atoms with Crippen LogP contribution in [-0.4, -0.2) is 22.3 Å². The molecule has 1 atom stereocenters. The third-order valence-corrected chi connectivity index (χ3v) is 5.24. The molecule has 0 fully saturated rings. The second kappa shape index (κ2) is 8.37. The van der Waals surface area contributed by atoms with Crippen LogP contribution in [-0.2, 0) is 6.18 Å². The number of alkyl halides is 3. The minimum absolute atomic E-state index is 0.0165. The first-order valence-electron chi connectivity index (χ1n) is 9.30. The molecule has 0 amide bonds. The number of halogens is 3. The van der Waals surface area contributed by atoms with Crippen molar-refractivity contribution in [3.63, 3.8) is 0 Å². The summed E-state index contributed by atoms with van der Waals surface area (Å²) in [5.74, 6) is -0.318. The van der Waals surface area contributed by atoms with Crippen LogP contribution in [0.2, 0.25) is 0 Å². The highest BCUT2D eigenvalue weighted by Gasteiger charge is 2.40. The lowest BCUT2D eigenvalue weighted by Crippen LogP contribution is -2.48. The van der Waals surface area contributed by atoms with E-state index in [2.05, 4.69) is 5.32 Å². The van der Waals surface area contributed by atoms with Gasteiger partial charge in [0.15, 0.2) is 10.9 Å². The lowest BCUT2D eigenvalue weighted by atomic mass is 9.87. The van der Waals surface area contributed by atoms with Crippen molar-refractivity contribution in [2.75, 3.05) is 6.54 Å². The van der Waals surface area contributed by atoms with Crippen molar-refractivity contribution in [3.05, 3.63) is 82.6 Å². The summed E-state index contributed by atoms with van der Waals surface area (Å²) in [7, 11) is 0. The number of hydrogen-bond acceptors (Lipinski definition) is 2. The zero-order valence-corrected chi connectivity index (χ0v) is 16.9. The number of carbonyl (C=O) groups is 1. The van der Waals surface area contributed by atoms with E-state index >= 15 is 0 Å². The SMILES string of the molecule is CCCN1C(=S)NC(c2ccccc2C(F)(F)F)C(C(=O)c2ccccc2)=C1C. The highest BCUT2D eigenvalue weighted by Crippen LogP contribution is 2.40. The van der Waals surface area contributed by atoms with E-state index in [1.807, 2.05) is 6.92 Å². The Bertz CT molecular complexity index is 954. The van der Waals surface area contributed by atoms with Gasteiger partial charge in [0.1, 0.15) is 0 Å². The Morgan fingerprint density at radius 2 is 1.72 bits per heavy atom. The number of allylic oxidation sites excluding steroid dienone is 1. The molecule has 0 radical (unpaired) electrons. The molecular formula is C22H21F3N2OS. The van der Waals surface area contributed by atoms with Crippen LogP contribution >= 0.6 is 12.2 Å². The predicted molar refractivity (Wildman–Crippen MR) is 110 cm³/mol. The fraction of sp³-hybridized carbons (Fsp3) is 0.273. The fourth-order valence-corrected chi connectivity index (χ4v) is 3.90. The number of ketones is 1. The average molecular weight is 418 g/mol. The van der Waals surface area contributed by atoms with Crippen molar-refractivity contribution >= 4 is 23.1 Å². The van der Waals surface area contributed by atoms with Gasteiger partial charge in [-0.05, 0) is 37.2 Å². The van der Waals surface area contributed by atoms with Gasteiger partial charge in [-0.3, -0.25) is 4.79 Å². The molecule has 1 aliphatic heterocycles. The molecule has 0 aromatic heterocycles. The van der Waals surface area contributed by atoms with Gasteiger partial charge in [-0.1, -0.05) is 55.5 Å². The zero-order valence-electron chi connectivity index (χ0n) is 16.1. The van der Waals surface area contributed by atoms with Gasteiger partial charge in [-0.25, -0.2) is 0 Å². The molecule has 0 spiro atoms. The molecule has 2 aromatic rings. The van der Waals surface area contributed by atoms with Crippen LogP contribution in [0.5, 0.6) is 0 Å². The Labute approximate surface area is 173 Å². The number of nitrogens with zero attached hydrogens (tertiary/aromatic N) is 1. The van der Waals surface area contributed by atoms with Crippen molar-refractivity contribution < 1.29 is 18.0 Å². The smallest absolute Gasteiger partial charge is 0.351 e. The maximum absolute atomic E-state index is 13.7. The van der Waals surface area contributed by atoms with E-state index in [-0.39, 0.29) is 16.9 Å². The van der Waals surface area contributed by atoms with Gasteiger partial charge in [-0.2, -0.15) is 13.2 Å². The zero-order chi connectivity index (χ0) is 21.2. The minimum atomic E-state index is -4.55. The summed E-state index contributed by atoms with van der Waals surface area (Å²) < 4.78 is 41.0. The average Bonchev–Trinajstić information content (AvgIpc) is 2.70. The second-order valence-corrected chi connectivity index (χ2v) is 7.20. The molecule has 3 nitrogen and oxygen atoms in total. The van der Waals surface area contributed by atoms with Crippen molar-refractivity contribution in [1.82, 2.24) is 10.2 Å². The number of benzene rings is 2. The van der Waals surface area contributed by atoms with Crippen molar-refractivity contribution in [2.24, 2.45) is 0 Å². The van der Waals surface area contributed by atoms with E-state index < -0.39 is 17.8 Å². The first-order chi connectivity index (χ1) is 13.8. The van der Waals surface area contributed by atoms with Crippen LogP contribution in [0.3, 0.4) is 0 Å². The number of Topliss-reactive ketones (excluding diaryl/α,β-unsaturated/α-hetero) is 1. The summed E-state index contributed by atoms with van der Waals surface area (Å²) in [6, 6.07) is 12.9. The van der Waals surface area contributed by atoms with E-state index in [4.69, 9.17) is 12.2 Å². The monoisotopic (exact) mass is 418 g/mol. The summed E-state index contributed by atoms with van der Waals surface area (Å²) in [6.45, 7) is 4.28. The highest BCUT2D eigenvalue weighted by molar-refractivity contribution is 7.80. The van der Waals surface area contributed by atoms with Crippen LogP contribution in [0, 0.1) is 0 Å². The summed E-state index contributed by atoms with van der Waals surface area (Å²) >= 11 is 5.43. The standard InChI is InChI=1S/C22H21F3N2OS/c1-3-13-27-14(2)18(20(28)15-9-5-4-6-10-15)19(26-21(27)29)16-11-7-8-12-17(16)22(23,24)25/h4-12,19H,3,13H2,1-2H3,(H,26,29). The van der Waals surface area contributed by atoms with Gasteiger partial charge in [0, 0.05) is 23.4 Å². The molecule has 2 aromatic carbocycles. The van der Waals surface area contributed by atoms with Crippen LogP contribution in [0.25, 0.3) is 0 Å². The summed E-state index contributed by atoms with van der Waals surface area (Å²) in [4.78, 5) is 15.1. The molecular weight excluding hydrogens is 397 g/mol. The molecule has 0 saturated heterocycles. The minimum Gasteiger partial charge on any atom is -0.351 e. The van der Waals surface area contributed by atoms with Gasteiger partial charge < -0.3 is 10.2 Å². The summed E-state index contributed by atoms with van der Waals surface area (Å²) in [6.07, 6.45) is -3.77. The molecule has 7 heteroatoms. The number of nitrogens with one attached hydrogen (secondary N) is 1. The molecule has 1 heterocycles. The number of carbonyl (C=O) groups excluding carboxylic acids is 1. The largest absolute Gasteiger partial charge is 0.416 e. The molecule has 29 heavy (non-hydrogen) atoms. The van der Waals surface area contributed by atoms with E-state index in [9.17, 15) is 18.0 Å². The highest BCUT2D eigenvalue weighted by atomic mass is 32.1. The van der Waals surface area contributed by atoms with E-state index in [1.54, 1.807) is 42.2 Å². The Kier molecular flexibility index (Phi) is 6.07. The fourth-order valence-electron chi connectivity index (χ4n) is 3.55. The molecule has 3 rings (SSSR count). The van der Waals surface area contributed by atoms with Gasteiger partial charge >= 0.3 is 6.18 Å². The molecule has 1 N–H and O–H groups in total. The first kappa shape index (κ1) is 21.0. The van der Waals surface area contributed by atoms with Gasteiger partial charge in [0.25, 0.3) is 0 Å². The molecule has 152 valence electrons. The maximum atomic E-state index is 13.7. The van der Waals surface area contributed by atoms with E-state index in [0.717, 1.165) is 12.5 Å². The Balaban J connectivity index is 2.20. The molecule has 0 saturated carbocycles. The summed E-state index contributed by atoms with van der Waals surface area (Å²) in [5.41, 5.74) is 0.469. The van der Waals surface area contributed by atoms with Gasteiger partial charge in [0.2, 0.25) is 0 Å². The van der Waals surface area contributed by atoms with E-state index in [0.29, 0.717) is 22.9 Å². The van der Waals surface area contributed by atoms with Crippen molar-refractivity contribution in [2.45, 2.75) is 32.5 Å². The first-order valence-corrected chi connectivity index (χ1v) is 9.71. The Hall–Kier alpha value is -2.67. The van der Waals surface area contributed by atoms with Gasteiger partial charge in [0.05, 0.1) is 11.6 Å². The molecule has 1 aliphatic rings. The molecule has 0 aliphatic carbocycles. The molecule has 1 unspecified atom stereocenters. The van der Waals surface area contributed by atoms with Crippen LogP contribution < -0.4 is 5.32 Å². The number of hydrogen-bond donors (Lipinski definition) is 1.